The number of aryl methyl sites for hydroxylation is 1. The number of aromatic amines is 1. The van der Waals surface area contributed by atoms with Gasteiger partial charge in [0.25, 0.3) is 0 Å². The van der Waals surface area contributed by atoms with Crippen molar-refractivity contribution >= 4 is 12.2 Å². The van der Waals surface area contributed by atoms with Gasteiger partial charge >= 0.3 is 6.09 Å². The lowest BCUT2D eigenvalue weighted by molar-refractivity contribution is 0.0534. The zero-order valence-electron chi connectivity index (χ0n) is 10.7. The summed E-state index contributed by atoms with van der Waals surface area (Å²) in [5, 5.41) is 9.37. The fourth-order valence-electron chi connectivity index (χ4n) is 1.17. The van der Waals surface area contributed by atoms with E-state index in [0.717, 1.165) is 11.3 Å². The second-order valence-electron chi connectivity index (χ2n) is 4.74. The first-order valence-electron chi connectivity index (χ1n) is 5.52. The first-order chi connectivity index (χ1) is 7.88. The van der Waals surface area contributed by atoms with Crippen molar-refractivity contribution in [2.75, 3.05) is 6.54 Å². The molecular weight excluding hydrogens is 218 g/mol. The number of H-pyrrole nitrogens is 1. The predicted octanol–water partition coefficient (Wildman–Crippen LogP) is 2.26. The Morgan fingerprint density at radius 1 is 1.59 bits per heavy atom. The number of nitrogens with zero attached hydrogens (tertiary/aromatic N) is 1. The molecule has 1 aromatic rings. The summed E-state index contributed by atoms with van der Waals surface area (Å²) < 4.78 is 5.10. The third-order valence-electron chi connectivity index (χ3n) is 1.93. The van der Waals surface area contributed by atoms with Crippen molar-refractivity contribution in [1.82, 2.24) is 15.5 Å². The molecule has 0 saturated carbocycles. The maximum Gasteiger partial charge on any atom is 0.407 e. The molecule has 1 aromatic heterocycles. The van der Waals surface area contributed by atoms with Crippen LogP contribution in [0.4, 0.5) is 4.79 Å². The van der Waals surface area contributed by atoms with Crippen molar-refractivity contribution in [3.63, 3.8) is 0 Å². The Kier molecular flexibility index (Phi) is 4.31. The van der Waals surface area contributed by atoms with Gasteiger partial charge in [-0.05, 0) is 27.7 Å². The molecule has 0 aliphatic heterocycles. The van der Waals surface area contributed by atoms with E-state index in [1.807, 2.05) is 39.8 Å². The first kappa shape index (κ1) is 13.3. The normalized spacial score (nSPS) is 11.8. The van der Waals surface area contributed by atoms with Gasteiger partial charge in [-0.1, -0.05) is 12.2 Å². The lowest BCUT2D eigenvalue weighted by Gasteiger charge is -2.19. The van der Waals surface area contributed by atoms with Gasteiger partial charge in [0, 0.05) is 17.8 Å². The average molecular weight is 237 g/mol. The minimum absolute atomic E-state index is 0.411. The fraction of sp³-hybridized carbons (Fsp3) is 0.500. The Labute approximate surface area is 101 Å². The Morgan fingerprint density at radius 2 is 2.29 bits per heavy atom. The minimum Gasteiger partial charge on any atom is -0.444 e. The van der Waals surface area contributed by atoms with Gasteiger partial charge in [0.05, 0.1) is 6.20 Å². The monoisotopic (exact) mass is 237 g/mol. The molecule has 1 heterocycles. The van der Waals surface area contributed by atoms with E-state index in [0.29, 0.717) is 6.54 Å². The molecule has 0 aliphatic rings. The zero-order valence-corrected chi connectivity index (χ0v) is 10.7. The van der Waals surface area contributed by atoms with Crippen LogP contribution in [0.1, 0.15) is 32.0 Å². The topological polar surface area (TPSA) is 67.0 Å². The number of aromatic nitrogens is 2. The van der Waals surface area contributed by atoms with Crippen LogP contribution in [-0.4, -0.2) is 28.4 Å². The smallest absolute Gasteiger partial charge is 0.407 e. The maximum atomic E-state index is 11.3. The summed E-state index contributed by atoms with van der Waals surface area (Å²) in [5.41, 5.74) is 1.55. The molecule has 1 amide bonds. The second-order valence-corrected chi connectivity index (χ2v) is 4.74. The average Bonchev–Trinajstić information content (AvgIpc) is 2.56. The Bertz CT molecular complexity index is 402. The van der Waals surface area contributed by atoms with Crippen molar-refractivity contribution in [1.29, 1.82) is 0 Å². The van der Waals surface area contributed by atoms with Gasteiger partial charge in [-0.25, -0.2) is 4.79 Å². The number of carbonyl (C=O) groups excluding carboxylic acids is 1. The molecule has 2 N–H and O–H groups in total. The Hall–Kier alpha value is -1.78. The van der Waals surface area contributed by atoms with E-state index >= 15 is 0 Å². The number of nitrogens with one attached hydrogen (secondary N) is 2. The molecule has 0 unspecified atom stereocenters. The van der Waals surface area contributed by atoms with E-state index in [1.54, 1.807) is 6.20 Å². The summed E-state index contributed by atoms with van der Waals surface area (Å²) >= 11 is 0. The van der Waals surface area contributed by atoms with Crippen LogP contribution < -0.4 is 5.32 Å². The summed E-state index contributed by atoms with van der Waals surface area (Å²) in [4.78, 5) is 11.3. The van der Waals surface area contributed by atoms with Crippen LogP contribution in [0.5, 0.6) is 0 Å². The van der Waals surface area contributed by atoms with E-state index in [4.69, 9.17) is 4.74 Å². The molecule has 5 nitrogen and oxygen atoms in total. The third kappa shape index (κ3) is 5.19. The first-order valence-corrected chi connectivity index (χ1v) is 5.52. The molecule has 0 aromatic carbocycles. The third-order valence-corrected chi connectivity index (χ3v) is 1.93. The SMILES string of the molecule is Cc1[nH]ncc1C=CCNC(=O)OC(C)(C)C. The number of hydrogen-bond acceptors (Lipinski definition) is 3. The highest BCUT2D eigenvalue weighted by Crippen LogP contribution is 2.06. The van der Waals surface area contributed by atoms with Gasteiger partial charge < -0.3 is 10.1 Å². The van der Waals surface area contributed by atoms with Crippen molar-refractivity contribution in [2.24, 2.45) is 0 Å². The standard InChI is InChI=1S/C12H19N3O2/c1-9-10(8-14-15-9)6-5-7-13-11(16)17-12(2,3)4/h5-6,8H,7H2,1-4H3,(H,13,16)(H,14,15). The molecular formula is C12H19N3O2. The summed E-state index contributed by atoms with van der Waals surface area (Å²) in [5.74, 6) is 0. The predicted molar refractivity (Wildman–Crippen MR) is 66.6 cm³/mol. The van der Waals surface area contributed by atoms with Crippen molar-refractivity contribution in [3.8, 4) is 0 Å². The van der Waals surface area contributed by atoms with E-state index in [2.05, 4.69) is 15.5 Å². The van der Waals surface area contributed by atoms with Crippen molar-refractivity contribution in [2.45, 2.75) is 33.3 Å². The van der Waals surface area contributed by atoms with Gasteiger partial charge in [0.1, 0.15) is 5.60 Å². The lowest BCUT2D eigenvalue weighted by atomic mass is 10.2. The van der Waals surface area contributed by atoms with E-state index in [1.165, 1.54) is 0 Å². The van der Waals surface area contributed by atoms with Crippen LogP contribution in [0.3, 0.4) is 0 Å². The molecule has 0 radical (unpaired) electrons. The van der Waals surface area contributed by atoms with Gasteiger partial charge in [0.2, 0.25) is 0 Å². The highest BCUT2D eigenvalue weighted by Gasteiger charge is 2.14. The van der Waals surface area contributed by atoms with Crippen LogP contribution in [0.15, 0.2) is 12.3 Å². The maximum absolute atomic E-state index is 11.3. The highest BCUT2D eigenvalue weighted by atomic mass is 16.6. The quantitative estimate of drug-likeness (QED) is 0.847. The number of amides is 1. The molecule has 0 fully saturated rings. The highest BCUT2D eigenvalue weighted by molar-refractivity contribution is 5.68. The van der Waals surface area contributed by atoms with E-state index in [-0.39, 0.29) is 0 Å². The zero-order chi connectivity index (χ0) is 12.9. The number of carbonyl (C=O) groups is 1. The molecule has 0 atom stereocenters. The molecule has 0 aliphatic carbocycles. The summed E-state index contributed by atoms with van der Waals surface area (Å²) in [7, 11) is 0. The van der Waals surface area contributed by atoms with Gasteiger partial charge in [-0.15, -0.1) is 0 Å². The Morgan fingerprint density at radius 3 is 2.82 bits per heavy atom. The minimum atomic E-state index is -0.463. The van der Waals surface area contributed by atoms with Crippen LogP contribution in [0.25, 0.3) is 6.08 Å². The number of ether oxygens (including phenoxy) is 1. The molecule has 1 rings (SSSR count). The van der Waals surface area contributed by atoms with Crippen molar-refractivity contribution in [3.05, 3.63) is 23.5 Å². The van der Waals surface area contributed by atoms with Crippen LogP contribution in [-0.2, 0) is 4.74 Å². The fourth-order valence-corrected chi connectivity index (χ4v) is 1.17. The molecule has 5 heteroatoms. The van der Waals surface area contributed by atoms with Gasteiger partial charge in [0.15, 0.2) is 0 Å². The number of hydrogen-bond donors (Lipinski definition) is 2. The van der Waals surface area contributed by atoms with E-state index < -0.39 is 11.7 Å². The largest absolute Gasteiger partial charge is 0.444 e. The lowest BCUT2D eigenvalue weighted by Crippen LogP contribution is -2.32. The van der Waals surface area contributed by atoms with Crippen molar-refractivity contribution < 1.29 is 9.53 Å². The summed E-state index contributed by atoms with van der Waals surface area (Å²) in [6.07, 6.45) is 5.07. The molecule has 0 bridgehead atoms. The molecule has 94 valence electrons. The molecule has 0 saturated heterocycles. The van der Waals surface area contributed by atoms with Gasteiger partial charge in [-0.2, -0.15) is 5.10 Å². The molecule has 0 spiro atoms. The van der Waals surface area contributed by atoms with Gasteiger partial charge in [-0.3, -0.25) is 5.10 Å². The van der Waals surface area contributed by atoms with Crippen LogP contribution in [0.2, 0.25) is 0 Å². The van der Waals surface area contributed by atoms with E-state index in [9.17, 15) is 4.79 Å². The van der Waals surface area contributed by atoms with Crippen LogP contribution >= 0.6 is 0 Å². The second kappa shape index (κ2) is 5.52. The Balaban J connectivity index is 2.31. The summed E-state index contributed by atoms with van der Waals surface area (Å²) in [6.45, 7) is 7.86. The number of alkyl carbamates (subject to hydrolysis) is 1. The summed E-state index contributed by atoms with van der Waals surface area (Å²) in [6, 6.07) is 0. The molecule has 17 heavy (non-hydrogen) atoms. The van der Waals surface area contributed by atoms with Crippen LogP contribution in [0, 0.1) is 6.92 Å². The number of rotatable bonds is 3.